The van der Waals surface area contributed by atoms with Crippen LogP contribution in [0.2, 0.25) is 0 Å². The molecule has 2 aromatic carbocycles. The first-order valence-electron chi connectivity index (χ1n) is 9.69. The molecule has 1 fully saturated rings. The number of fused-ring (bicyclic) bond motifs is 1. The Morgan fingerprint density at radius 3 is 2.62 bits per heavy atom. The number of nitrogens with zero attached hydrogens (tertiary/aromatic N) is 3. The average Bonchev–Trinajstić information content (AvgIpc) is 3.37. The number of anilines is 2. The number of aromatic amines is 1. The van der Waals surface area contributed by atoms with Crippen molar-refractivity contribution in [3.8, 4) is 0 Å². The summed E-state index contributed by atoms with van der Waals surface area (Å²) in [6, 6.07) is 14.0. The molecular weight excluding hydrogens is 384 g/mol. The van der Waals surface area contributed by atoms with E-state index in [4.69, 9.17) is 4.74 Å². The maximum atomic E-state index is 12.8. The molecule has 1 aromatic heterocycles. The van der Waals surface area contributed by atoms with E-state index in [2.05, 4.69) is 39.1 Å². The highest BCUT2D eigenvalue weighted by Gasteiger charge is 2.36. The third-order valence-electron chi connectivity index (χ3n) is 5.53. The normalized spacial score (nSPS) is 19.7. The number of ether oxygens (including phenoxy) is 1. The summed E-state index contributed by atoms with van der Waals surface area (Å²) in [6.07, 6.45) is 3.24. The van der Waals surface area contributed by atoms with Crippen molar-refractivity contribution in [1.82, 2.24) is 9.97 Å². The van der Waals surface area contributed by atoms with E-state index in [0.29, 0.717) is 5.76 Å². The summed E-state index contributed by atoms with van der Waals surface area (Å²) in [4.78, 5) is 24.5. The molecular formula is C22H22N4O2S. The lowest BCUT2D eigenvalue weighted by Crippen LogP contribution is -2.32. The predicted molar refractivity (Wildman–Crippen MR) is 117 cm³/mol. The van der Waals surface area contributed by atoms with E-state index in [0.717, 1.165) is 35.4 Å². The maximum absolute atomic E-state index is 12.8. The summed E-state index contributed by atoms with van der Waals surface area (Å²) < 4.78 is 5.58. The van der Waals surface area contributed by atoms with Gasteiger partial charge in [0.2, 0.25) is 0 Å². The fourth-order valence-corrected chi connectivity index (χ4v) is 4.95. The van der Waals surface area contributed by atoms with Crippen LogP contribution in [0.1, 0.15) is 11.6 Å². The number of aromatic nitrogens is 2. The lowest BCUT2D eigenvalue weighted by atomic mass is 10.0. The molecule has 1 saturated heterocycles. The van der Waals surface area contributed by atoms with Crippen LogP contribution in [-0.2, 0) is 9.53 Å². The van der Waals surface area contributed by atoms with Gasteiger partial charge in [-0.15, -0.1) is 0 Å². The number of nitrogens with one attached hydrogen (secondary N) is 1. The van der Waals surface area contributed by atoms with Gasteiger partial charge in [0.1, 0.15) is 11.8 Å². The summed E-state index contributed by atoms with van der Waals surface area (Å²) in [7, 11) is 1.62. The number of carbonyl (C=O) groups excluding carboxylic acids is 1. The van der Waals surface area contributed by atoms with E-state index in [1.54, 1.807) is 24.4 Å². The van der Waals surface area contributed by atoms with E-state index in [1.165, 1.54) is 17.2 Å². The topological polar surface area (TPSA) is 61.5 Å². The Morgan fingerprint density at radius 1 is 1.10 bits per heavy atom. The van der Waals surface area contributed by atoms with Crippen molar-refractivity contribution < 1.29 is 9.53 Å². The molecule has 0 saturated carbocycles. The Morgan fingerprint density at radius 2 is 1.86 bits per heavy atom. The van der Waals surface area contributed by atoms with Gasteiger partial charge in [0, 0.05) is 42.0 Å². The van der Waals surface area contributed by atoms with Gasteiger partial charge in [-0.25, -0.2) is 4.98 Å². The molecule has 7 heteroatoms. The van der Waals surface area contributed by atoms with Crippen molar-refractivity contribution >= 4 is 40.1 Å². The van der Waals surface area contributed by atoms with Crippen LogP contribution in [0.3, 0.4) is 0 Å². The Balaban J connectivity index is 1.49. The highest BCUT2D eigenvalue weighted by atomic mass is 32.2. The second-order valence-electron chi connectivity index (χ2n) is 7.16. The second-order valence-corrected chi connectivity index (χ2v) is 8.38. The molecule has 1 unspecified atom stereocenters. The molecule has 1 N–H and O–H groups in total. The summed E-state index contributed by atoms with van der Waals surface area (Å²) in [5.41, 5.74) is 4.84. The van der Waals surface area contributed by atoms with Gasteiger partial charge < -0.3 is 14.6 Å². The Hall–Kier alpha value is -2.93. The van der Waals surface area contributed by atoms with Crippen LogP contribution in [0, 0.1) is 0 Å². The van der Waals surface area contributed by atoms with Crippen molar-refractivity contribution in [3.05, 3.63) is 66.2 Å². The zero-order chi connectivity index (χ0) is 19.8. The smallest absolute Gasteiger partial charge is 0.255 e. The molecule has 2 aliphatic rings. The highest BCUT2D eigenvalue weighted by molar-refractivity contribution is 7.99. The van der Waals surface area contributed by atoms with Crippen molar-refractivity contribution in [2.75, 3.05) is 41.5 Å². The van der Waals surface area contributed by atoms with Crippen molar-refractivity contribution in [2.24, 2.45) is 0 Å². The zero-order valence-electron chi connectivity index (χ0n) is 16.2. The number of carbonyl (C=O) groups is 1. The minimum Gasteiger partial charge on any atom is -0.498 e. The number of hydrogen-bond acceptors (Lipinski definition) is 5. The monoisotopic (exact) mass is 406 g/mol. The van der Waals surface area contributed by atoms with Crippen LogP contribution in [-0.4, -0.2) is 47.6 Å². The van der Waals surface area contributed by atoms with Crippen molar-refractivity contribution in [3.63, 3.8) is 0 Å². The maximum Gasteiger partial charge on any atom is 0.255 e. The lowest BCUT2D eigenvalue weighted by molar-refractivity contribution is -0.113. The van der Waals surface area contributed by atoms with Gasteiger partial charge in [-0.2, -0.15) is 11.8 Å². The van der Waals surface area contributed by atoms with E-state index in [9.17, 15) is 4.79 Å². The van der Waals surface area contributed by atoms with Gasteiger partial charge in [0.25, 0.3) is 5.91 Å². The van der Waals surface area contributed by atoms with E-state index in [-0.39, 0.29) is 11.9 Å². The lowest BCUT2D eigenvalue weighted by Gasteiger charge is -2.30. The van der Waals surface area contributed by atoms with Crippen LogP contribution < -0.4 is 9.80 Å². The first kappa shape index (κ1) is 18.1. The quantitative estimate of drug-likeness (QED) is 0.715. The standard InChI is InChI=1S/C22H22N4O2S/c1-28-20-13-21(27)26(17-6-7-18-19(12-17)24-14-23-18)22(20)15-2-4-16(5-3-15)25-8-10-29-11-9-25/h2-7,12-14,22H,8-11H2,1H3,(H,23,24). The summed E-state index contributed by atoms with van der Waals surface area (Å²) in [5, 5.41) is 0. The number of imidazole rings is 1. The number of thioether (sulfide) groups is 1. The largest absolute Gasteiger partial charge is 0.498 e. The van der Waals surface area contributed by atoms with Crippen molar-refractivity contribution in [1.29, 1.82) is 0 Å². The number of H-pyrrole nitrogens is 1. The molecule has 0 bridgehead atoms. The first-order chi connectivity index (χ1) is 14.2. The minimum absolute atomic E-state index is 0.0844. The molecule has 3 aromatic rings. The number of benzene rings is 2. The number of hydrogen-bond donors (Lipinski definition) is 1. The fraction of sp³-hybridized carbons (Fsp3) is 0.273. The van der Waals surface area contributed by atoms with E-state index >= 15 is 0 Å². The fourth-order valence-electron chi connectivity index (χ4n) is 4.04. The number of amides is 1. The average molecular weight is 407 g/mol. The highest BCUT2D eigenvalue weighted by Crippen LogP contribution is 2.39. The zero-order valence-corrected chi connectivity index (χ0v) is 17.0. The van der Waals surface area contributed by atoms with Crippen LogP contribution in [0.25, 0.3) is 11.0 Å². The van der Waals surface area contributed by atoms with E-state index < -0.39 is 0 Å². The number of rotatable bonds is 4. The second kappa shape index (κ2) is 7.48. The van der Waals surface area contributed by atoms with Gasteiger partial charge in [0.15, 0.2) is 0 Å². The van der Waals surface area contributed by atoms with E-state index in [1.807, 2.05) is 30.0 Å². The predicted octanol–water partition coefficient (Wildman–Crippen LogP) is 3.73. The molecule has 0 aliphatic carbocycles. The summed E-state index contributed by atoms with van der Waals surface area (Å²) >= 11 is 2.00. The van der Waals surface area contributed by atoms with Crippen LogP contribution in [0.15, 0.2) is 60.6 Å². The Bertz CT molecular complexity index is 1070. The summed E-state index contributed by atoms with van der Waals surface area (Å²) in [6.45, 7) is 2.15. The Labute approximate surface area is 173 Å². The van der Waals surface area contributed by atoms with Crippen LogP contribution in [0.5, 0.6) is 0 Å². The van der Waals surface area contributed by atoms with Crippen LogP contribution in [0.4, 0.5) is 11.4 Å². The molecule has 2 aliphatic heterocycles. The SMILES string of the molecule is COC1=CC(=O)N(c2ccc3[nH]cnc3c2)C1c1ccc(N2CCSCC2)cc1. The van der Waals surface area contributed by atoms with Gasteiger partial charge in [-0.3, -0.25) is 9.69 Å². The van der Waals surface area contributed by atoms with Gasteiger partial charge >= 0.3 is 0 Å². The molecule has 5 rings (SSSR count). The van der Waals surface area contributed by atoms with Gasteiger partial charge in [-0.1, -0.05) is 12.1 Å². The van der Waals surface area contributed by atoms with Gasteiger partial charge in [0.05, 0.1) is 24.5 Å². The molecule has 1 atom stereocenters. The third kappa shape index (κ3) is 3.25. The Kier molecular flexibility index (Phi) is 4.67. The molecule has 0 spiro atoms. The molecule has 6 nitrogen and oxygen atoms in total. The molecule has 1 amide bonds. The first-order valence-corrected chi connectivity index (χ1v) is 10.8. The van der Waals surface area contributed by atoms with Crippen molar-refractivity contribution in [2.45, 2.75) is 6.04 Å². The summed E-state index contributed by atoms with van der Waals surface area (Å²) in [5.74, 6) is 2.90. The molecule has 29 heavy (non-hydrogen) atoms. The molecule has 148 valence electrons. The molecule has 0 radical (unpaired) electrons. The minimum atomic E-state index is -0.283. The molecule has 3 heterocycles. The third-order valence-corrected chi connectivity index (χ3v) is 6.48. The van der Waals surface area contributed by atoms with Crippen LogP contribution >= 0.6 is 11.8 Å². The van der Waals surface area contributed by atoms with Gasteiger partial charge in [-0.05, 0) is 35.9 Å². The number of methoxy groups -OCH3 is 1.